The number of nitrogens with two attached hydrogens (primary N) is 1. The Kier molecular flexibility index (Phi) is 4.39. The summed E-state index contributed by atoms with van der Waals surface area (Å²) >= 11 is 0. The molecule has 1 unspecified atom stereocenters. The molecule has 0 aliphatic carbocycles. The molecule has 2 rings (SSSR count). The number of nitrogen functional groups attached to an aromatic ring is 1. The second-order valence-electron chi connectivity index (χ2n) is 5.73. The minimum atomic E-state index is -3.47. The summed E-state index contributed by atoms with van der Waals surface area (Å²) in [5.74, 6) is 0.487. The van der Waals surface area contributed by atoms with Crippen LogP contribution in [0.5, 0.6) is 0 Å². The van der Waals surface area contributed by atoms with Crippen molar-refractivity contribution in [3.63, 3.8) is 0 Å². The lowest BCUT2D eigenvalue weighted by Crippen LogP contribution is -2.30. The average Bonchev–Trinajstić information content (AvgIpc) is 2.84. The lowest BCUT2D eigenvalue weighted by atomic mass is 10.0. The van der Waals surface area contributed by atoms with Gasteiger partial charge in [0, 0.05) is 13.1 Å². The van der Waals surface area contributed by atoms with Crippen LogP contribution in [0.1, 0.15) is 37.3 Å². The van der Waals surface area contributed by atoms with Crippen LogP contribution in [-0.4, -0.2) is 25.8 Å². The van der Waals surface area contributed by atoms with Gasteiger partial charge in [0.25, 0.3) is 0 Å². The maximum absolute atomic E-state index is 12.8. The van der Waals surface area contributed by atoms with Crippen LogP contribution in [-0.2, 0) is 10.0 Å². The molecule has 112 valence electrons. The standard InChI is InChI=1S/C15H24N2O2S/c1-4-5-13-8-9-17(10-13)20(18,19)15-12(3)11(2)6-7-14(15)16/h6-7,13H,4-5,8-10,16H2,1-3H3. The molecule has 0 radical (unpaired) electrons. The molecular formula is C15H24N2O2S. The van der Waals surface area contributed by atoms with Crippen molar-refractivity contribution in [3.8, 4) is 0 Å². The number of anilines is 1. The summed E-state index contributed by atoms with van der Waals surface area (Å²) in [6, 6.07) is 3.56. The van der Waals surface area contributed by atoms with E-state index >= 15 is 0 Å². The number of hydrogen-bond acceptors (Lipinski definition) is 3. The fourth-order valence-corrected chi connectivity index (χ4v) is 4.87. The highest BCUT2D eigenvalue weighted by Crippen LogP contribution is 2.32. The SMILES string of the molecule is CCCC1CCN(S(=O)(=O)c2c(N)ccc(C)c2C)C1. The van der Waals surface area contributed by atoms with Gasteiger partial charge in [0.05, 0.1) is 5.69 Å². The molecular weight excluding hydrogens is 272 g/mol. The topological polar surface area (TPSA) is 63.4 Å². The van der Waals surface area contributed by atoms with E-state index < -0.39 is 10.0 Å². The van der Waals surface area contributed by atoms with Crippen molar-refractivity contribution >= 4 is 15.7 Å². The number of aryl methyl sites for hydroxylation is 1. The predicted octanol–water partition coefficient (Wildman–Crippen LogP) is 2.70. The molecule has 0 spiro atoms. The first kappa shape index (κ1) is 15.3. The summed E-state index contributed by atoms with van der Waals surface area (Å²) in [4.78, 5) is 0.301. The van der Waals surface area contributed by atoms with Crippen molar-refractivity contribution in [2.24, 2.45) is 5.92 Å². The van der Waals surface area contributed by atoms with E-state index in [4.69, 9.17) is 5.73 Å². The monoisotopic (exact) mass is 296 g/mol. The van der Waals surface area contributed by atoms with Crippen LogP contribution in [0.4, 0.5) is 5.69 Å². The maximum atomic E-state index is 12.8. The zero-order chi connectivity index (χ0) is 14.9. The minimum Gasteiger partial charge on any atom is -0.398 e. The van der Waals surface area contributed by atoms with E-state index in [1.165, 1.54) is 0 Å². The van der Waals surface area contributed by atoms with E-state index in [-0.39, 0.29) is 0 Å². The van der Waals surface area contributed by atoms with Crippen molar-refractivity contribution in [2.75, 3.05) is 18.8 Å². The first-order valence-corrected chi connectivity index (χ1v) is 8.67. The Bertz CT molecular complexity index is 596. The second kappa shape index (κ2) is 5.74. The van der Waals surface area contributed by atoms with Gasteiger partial charge in [-0.1, -0.05) is 19.4 Å². The van der Waals surface area contributed by atoms with Gasteiger partial charge in [0.1, 0.15) is 4.90 Å². The Morgan fingerprint density at radius 2 is 2.05 bits per heavy atom. The molecule has 20 heavy (non-hydrogen) atoms. The van der Waals surface area contributed by atoms with Crippen LogP contribution in [0, 0.1) is 19.8 Å². The van der Waals surface area contributed by atoms with Crippen molar-refractivity contribution in [1.82, 2.24) is 4.31 Å². The Labute approximate surface area is 122 Å². The van der Waals surface area contributed by atoms with E-state index in [1.54, 1.807) is 10.4 Å². The summed E-state index contributed by atoms with van der Waals surface area (Å²) in [7, 11) is -3.47. The fourth-order valence-electron chi connectivity index (χ4n) is 2.94. The lowest BCUT2D eigenvalue weighted by molar-refractivity contribution is 0.444. The number of benzene rings is 1. The molecule has 1 saturated heterocycles. The molecule has 1 heterocycles. The Balaban J connectivity index is 2.35. The van der Waals surface area contributed by atoms with Crippen LogP contribution in [0.25, 0.3) is 0 Å². The first-order chi connectivity index (χ1) is 9.37. The van der Waals surface area contributed by atoms with E-state index in [9.17, 15) is 8.42 Å². The van der Waals surface area contributed by atoms with Crippen molar-refractivity contribution in [3.05, 3.63) is 23.3 Å². The van der Waals surface area contributed by atoms with Crippen LogP contribution < -0.4 is 5.73 Å². The normalized spacial score (nSPS) is 20.4. The van der Waals surface area contributed by atoms with Crippen LogP contribution in [0.2, 0.25) is 0 Å². The molecule has 0 aromatic heterocycles. The van der Waals surface area contributed by atoms with Crippen LogP contribution in [0.3, 0.4) is 0 Å². The van der Waals surface area contributed by atoms with Gasteiger partial charge in [-0.25, -0.2) is 8.42 Å². The van der Waals surface area contributed by atoms with Crippen LogP contribution in [0.15, 0.2) is 17.0 Å². The molecule has 0 amide bonds. The summed E-state index contributed by atoms with van der Waals surface area (Å²) in [6.45, 7) is 7.12. The van der Waals surface area contributed by atoms with Crippen molar-refractivity contribution in [2.45, 2.75) is 44.9 Å². The molecule has 1 aromatic rings. The van der Waals surface area contributed by atoms with Gasteiger partial charge in [0.2, 0.25) is 10.0 Å². The van der Waals surface area contributed by atoms with Gasteiger partial charge in [-0.3, -0.25) is 0 Å². The number of rotatable bonds is 4. The number of hydrogen-bond donors (Lipinski definition) is 1. The molecule has 1 aliphatic rings. The molecule has 1 atom stereocenters. The summed E-state index contributed by atoms with van der Waals surface area (Å²) in [5, 5.41) is 0. The van der Waals surface area contributed by atoms with Gasteiger partial charge in [-0.05, 0) is 49.8 Å². The van der Waals surface area contributed by atoms with E-state index in [1.807, 2.05) is 19.9 Å². The fraction of sp³-hybridized carbons (Fsp3) is 0.600. The number of nitrogens with zero attached hydrogens (tertiary/aromatic N) is 1. The minimum absolute atomic E-state index is 0.301. The molecule has 4 nitrogen and oxygen atoms in total. The molecule has 1 fully saturated rings. The highest BCUT2D eigenvalue weighted by molar-refractivity contribution is 7.89. The van der Waals surface area contributed by atoms with Crippen molar-refractivity contribution in [1.29, 1.82) is 0 Å². The molecule has 0 bridgehead atoms. The summed E-state index contributed by atoms with van der Waals surface area (Å²) < 4.78 is 27.3. The van der Waals surface area contributed by atoms with Gasteiger partial charge < -0.3 is 5.73 Å². The van der Waals surface area contributed by atoms with Crippen molar-refractivity contribution < 1.29 is 8.42 Å². The van der Waals surface area contributed by atoms with Gasteiger partial charge in [-0.2, -0.15) is 4.31 Å². The van der Waals surface area contributed by atoms with Crippen LogP contribution >= 0.6 is 0 Å². The quantitative estimate of drug-likeness (QED) is 0.869. The van der Waals surface area contributed by atoms with Gasteiger partial charge in [0.15, 0.2) is 0 Å². The Hall–Kier alpha value is -1.07. The Morgan fingerprint density at radius 1 is 1.35 bits per heavy atom. The molecule has 1 aromatic carbocycles. The van der Waals surface area contributed by atoms with Gasteiger partial charge in [-0.15, -0.1) is 0 Å². The zero-order valence-electron chi connectivity index (χ0n) is 12.5. The lowest BCUT2D eigenvalue weighted by Gasteiger charge is -2.20. The van der Waals surface area contributed by atoms with E-state index in [0.29, 0.717) is 29.6 Å². The molecule has 2 N–H and O–H groups in total. The largest absolute Gasteiger partial charge is 0.398 e. The molecule has 5 heteroatoms. The highest BCUT2D eigenvalue weighted by atomic mass is 32.2. The Morgan fingerprint density at radius 3 is 2.70 bits per heavy atom. The third-order valence-corrected chi connectivity index (χ3v) is 6.32. The summed E-state index contributed by atoms with van der Waals surface area (Å²) in [6.07, 6.45) is 3.15. The molecule has 0 saturated carbocycles. The zero-order valence-corrected chi connectivity index (χ0v) is 13.3. The average molecular weight is 296 g/mol. The smallest absolute Gasteiger partial charge is 0.245 e. The third-order valence-electron chi connectivity index (χ3n) is 4.25. The van der Waals surface area contributed by atoms with Gasteiger partial charge >= 0.3 is 0 Å². The second-order valence-corrected chi connectivity index (χ2v) is 7.61. The maximum Gasteiger partial charge on any atom is 0.245 e. The summed E-state index contributed by atoms with van der Waals surface area (Å²) in [5.41, 5.74) is 8.01. The number of sulfonamides is 1. The predicted molar refractivity (Wildman–Crippen MR) is 82.1 cm³/mol. The highest BCUT2D eigenvalue weighted by Gasteiger charge is 2.34. The van der Waals surface area contributed by atoms with E-state index in [0.717, 1.165) is 30.4 Å². The molecule has 1 aliphatic heterocycles. The third kappa shape index (κ3) is 2.69. The van der Waals surface area contributed by atoms with E-state index in [2.05, 4.69) is 6.92 Å². The first-order valence-electron chi connectivity index (χ1n) is 7.23.